The van der Waals surface area contributed by atoms with E-state index in [0.717, 1.165) is 25.0 Å². The van der Waals surface area contributed by atoms with Crippen molar-refractivity contribution in [3.63, 3.8) is 0 Å². The van der Waals surface area contributed by atoms with Crippen LogP contribution in [0.1, 0.15) is 24.4 Å². The van der Waals surface area contributed by atoms with Gasteiger partial charge in [0, 0.05) is 19.1 Å². The van der Waals surface area contributed by atoms with Crippen molar-refractivity contribution < 1.29 is 18.4 Å². The topological polar surface area (TPSA) is 43.9 Å². The van der Waals surface area contributed by atoms with Gasteiger partial charge in [-0.1, -0.05) is 6.07 Å². The van der Waals surface area contributed by atoms with E-state index in [0.29, 0.717) is 19.1 Å². The molecular formula is C17H21F2N3O2. The number of halogens is 2. The molecule has 0 radical (unpaired) electrons. The third-order valence-corrected chi connectivity index (χ3v) is 4.58. The van der Waals surface area contributed by atoms with Crippen molar-refractivity contribution >= 4 is 11.8 Å². The van der Waals surface area contributed by atoms with Crippen molar-refractivity contribution in [2.24, 2.45) is 0 Å². The maximum absolute atomic E-state index is 14.1. The van der Waals surface area contributed by atoms with Gasteiger partial charge in [0.05, 0.1) is 12.1 Å². The van der Waals surface area contributed by atoms with Gasteiger partial charge in [-0.05, 0) is 39.1 Å². The molecule has 24 heavy (non-hydrogen) atoms. The van der Waals surface area contributed by atoms with E-state index in [2.05, 4.69) is 0 Å². The average Bonchev–Trinajstić information content (AvgIpc) is 3.34. The van der Waals surface area contributed by atoms with E-state index in [1.54, 1.807) is 19.0 Å². The van der Waals surface area contributed by atoms with Crippen LogP contribution in [0.15, 0.2) is 18.2 Å². The Morgan fingerprint density at radius 3 is 2.33 bits per heavy atom. The fourth-order valence-corrected chi connectivity index (χ4v) is 3.19. The highest BCUT2D eigenvalue weighted by atomic mass is 19.1. The Morgan fingerprint density at radius 1 is 1.21 bits per heavy atom. The average molecular weight is 337 g/mol. The van der Waals surface area contributed by atoms with Crippen LogP contribution < -0.4 is 0 Å². The second kappa shape index (κ2) is 6.47. The number of carbonyl (C=O) groups excluding carboxylic acids is 2. The number of rotatable bonds is 4. The van der Waals surface area contributed by atoms with Gasteiger partial charge in [-0.15, -0.1) is 0 Å². The Hall–Kier alpha value is -2.02. The van der Waals surface area contributed by atoms with Crippen LogP contribution in [0.25, 0.3) is 0 Å². The summed E-state index contributed by atoms with van der Waals surface area (Å²) in [5, 5.41) is 0. The molecule has 0 N–H and O–H groups in total. The highest BCUT2D eigenvalue weighted by Crippen LogP contribution is 2.30. The zero-order valence-corrected chi connectivity index (χ0v) is 13.8. The molecule has 0 bridgehead atoms. The Kier molecular flexibility index (Phi) is 4.54. The van der Waals surface area contributed by atoms with Gasteiger partial charge in [0.1, 0.15) is 17.7 Å². The molecule has 3 rings (SSSR count). The van der Waals surface area contributed by atoms with E-state index in [1.807, 2.05) is 0 Å². The van der Waals surface area contributed by atoms with Crippen LogP contribution >= 0.6 is 0 Å². The van der Waals surface area contributed by atoms with E-state index in [9.17, 15) is 18.4 Å². The van der Waals surface area contributed by atoms with E-state index in [1.165, 1.54) is 15.9 Å². The molecule has 1 aromatic rings. The maximum atomic E-state index is 14.1. The summed E-state index contributed by atoms with van der Waals surface area (Å²) in [5.74, 6) is -2.06. The van der Waals surface area contributed by atoms with Crippen molar-refractivity contribution in [3.8, 4) is 0 Å². The van der Waals surface area contributed by atoms with Crippen molar-refractivity contribution in [2.45, 2.75) is 24.9 Å². The van der Waals surface area contributed by atoms with Crippen molar-refractivity contribution in [1.82, 2.24) is 14.7 Å². The van der Waals surface area contributed by atoms with Gasteiger partial charge in [0.25, 0.3) is 0 Å². The molecule has 0 spiro atoms. The first-order chi connectivity index (χ1) is 11.4. The minimum Gasteiger partial charge on any atom is -0.336 e. The molecule has 1 saturated heterocycles. The zero-order chi connectivity index (χ0) is 17.4. The van der Waals surface area contributed by atoms with Gasteiger partial charge in [0.15, 0.2) is 0 Å². The number of benzene rings is 1. The minimum atomic E-state index is -1.09. The lowest BCUT2D eigenvalue weighted by Gasteiger charge is -2.37. The van der Waals surface area contributed by atoms with Gasteiger partial charge in [-0.2, -0.15) is 0 Å². The van der Waals surface area contributed by atoms with E-state index in [4.69, 9.17) is 0 Å². The molecule has 1 atom stereocenters. The summed E-state index contributed by atoms with van der Waals surface area (Å²) in [4.78, 5) is 29.8. The minimum absolute atomic E-state index is 0.0320. The van der Waals surface area contributed by atoms with Crippen molar-refractivity contribution in [3.05, 3.63) is 35.4 Å². The normalized spacial score (nSPS) is 19.8. The third-order valence-electron chi connectivity index (χ3n) is 4.58. The summed E-state index contributed by atoms with van der Waals surface area (Å²) in [7, 11) is 3.19. The first-order valence-electron chi connectivity index (χ1n) is 8.08. The Bertz CT molecular complexity index is 641. The summed E-state index contributed by atoms with van der Waals surface area (Å²) in [5.41, 5.74) is -0.274. The third kappa shape index (κ3) is 3.13. The predicted octanol–water partition coefficient (Wildman–Crippen LogP) is 1.40. The number of nitrogens with zero attached hydrogens (tertiary/aromatic N) is 3. The highest BCUT2D eigenvalue weighted by molar-refractivity contribution is 5.89. The molecule has 130 valence electrons. The van der Waals surface area contributed by atoms with Crippen LogP contribution in [0.3, 0.4) is 0 Å². The van der Waals surface area contributed by atoms with E-state index >= 15 is 0 Å². The number of hydrogen-bond acceptors (Lipinski definition) is 3. The lowest BCUT2D eigenvalue weighted by Crippen LogP contribution is -2.55. The van der Waals surface area contributed by atoms with E-state index in [-0.39, 0.29) is 18.0 Å². The Balaban J connectivity index is 1.82. The molecule has 1 aliphatic carbocycles. The molecule has 2 aliphatic rings. The number of likely N-dealkylation sites (N-methyl/N-ethyl adjacent to an activating group) is 1. The van der Waals surface area contributed by atoms with Gasteiger partial charge in [-0.25, -0.2) is 8.78 Å². The lowest BCUT2D eigenvalue weighted by molar-refractivity contribution is -0.148. The quantitative estimate of drug-likeness (QED) is 0.834. The van der Waals surface area contributed by atoms with Crippen LogP contribution in [0, 0.1) is 11.6 Å². The smallest absolute Gasteiger partial charge is 0.245 e. The molecule has 1 saturated carbocycles. The predicted molar refractivity (Wildman–Crippen MR) is 84.1 cm³/mol. The highest BCUT2D eigenvalue weighted by Gasteiger charge is 2.39. The zero-order valence-electron chi connectivity index (χ0n) is 13.8. The molecular weight excluding hydrogens is 316 g/mol. The fourth-order valence-electron chi connectivity index (χ4n) is 3.19. The number of hydrogen-bond donors (Lipinski definition) is 0. The second-order valence-corrected chi connectivity index (χ2v) is 6.58. The summed E-state index contributed by atoms with van der Waals surface area (Å²) >= 11 is 0. The Labute approximate surface area is 139 Å². The van der Waals surface area contributed by atoms with Gasteiger partial charge in [-0.3, -0.25) is 14.5 Å². The molecule has 1 aliphatic heterocycles. The number of amides is 2. The van der Waals surface area contributed by atoms with Gasteiger partial charge in [0.2, 0.25) is 11.8 Å². The molecule has 7 heteroatoms. The largest absolute Gasteiger partial charge is 0.336 e. The van der Waals surface area contributed by atoms with Crippen molar-refractivity contribution in [1.29, 1.82) is 0 Å². The molecule has 5 nitrogen and oxygen atoms in total. The van der Waals surface area contributed by atoms with E-state index < -0.39 is 23.6 Å². The van der Waals surface area contributed by atoms with Gasteiger partial charge >= 0.3 is 0 Å². The summed E-state index contributed by atoms with van der Waals surface area (Å²) < 4.78 is 28.3. The molecule has 0 aromatic heterocycles. The molecule has 2 amide bonds. The Morgan fingerprint density at radius 2 is 1.83 bits per heavy atom. The second-order valence-electron chi connectivity index (χ2n) is 6.58. The summed E-state index contributed by atoms with van der Waals surface area (Å²) in [6.07, 6.45) is 2.03. The fraction of sp³-hybridized carbons (Fsp3) is 0.529. The molecule has 1 aromatic carbocycles. The molecule has 0 unspecified atom stereocenters. The van der Waals surface area contributed by atoms with Crippen LogP contribution in [0.2, 0.25) is 0 Å². The summed E-state index contributed by atoms with van der Waals surface area (Å²) in [6, 6.07) is 2.76. The van der Waals surface area contributed by atoms with Crippen molar-refractivity contribution in [2.75, 3.05) is 33.7 Å². The number of piperazine rings is 1. The monoisotopic (exact) mass is 337 g/mol. The first kappa shape index (κ1) is 16.8. The standard InChI is InChI=1S/C17H21F2N3O2/c1-20(2)16(15-12(18)4-3-5-13(15)19)17(24)21-8-9-22(11-6-7-11)14(23)10-21/h3-5,11,16H,6-10H2,1-2H3/t16-/m0/s1. The molecule has 2 fully saturated rings. The first-order valence-corrected chi connectivity index (χ1v) is 8.08. The summed E-state index contributed by atoms with van der Waals surface area (Å²) in [6.45, 7) is 0.840. The molecule has 1 heterocycles. The lowest BCUT2D eigenvalue weighted by atomic mass is 10.0. The van der Waals surface area contributed by atoms with Crippen LogP contribution in [0.4, 0.5) is 8.78 Å². The van der Waals surface area contributed by atoms with Gasteiger partial charge < -0.3 is 9.80 Å². The maximum Gasteiger partial charge on any atom is 0.245 e. The number of carbonyl (C=O) groups is 2. The van der Waals surface area contributed by atoms with Crippen LogP contribution in [0.5, 0.6) is 0 Å². The van der Waals surface area contributed by atoms with Crippen LogP contribution in [-0.2, 0) is 9.59 Å². The SMILES string of the molecule is CN(C)[C@H](C(=O)N1CCN(C2CC2)C(=O)C1)c1c(F)cccc1F. The van der Waals surface area contributed by atoms with Crippen LogP contribution in [-0.4, -0.2) is 66.3 Å².